The third kappa shape index (κ3) is 88.3. The Balaban J connectivity index is -0.000000124. The molecule has 0 unspecified atom stereocenters. The van der Waals surface area contributed by atoms with Crippen molar-refractivity contribution < 1.29 is 23.6 Å². The predicted octanol–water partition coefficient (Wildman–Crippen LogP) is 10.8. The quantitative estimate of drug-likeness (QED) is 0.0240. The van der Waals surface area contributed by atoms with E-state index in [1.54, 1.807) is 0 Å². The van der Waals surface area contributed by atoms with Crippen LogP contribution in [0.5, 0.6) is 0 Å². The summed E-state index contributed by atoms with van der Waals surface area (Å²) in [5.74, 6) is 8.76. The summed E-state index contributed by atoms with van der Waals surface area (Å²) in [6.45, 7) is 14.2. The first kappa shape index (κ1) is 61.8. The van der Waals surface area contributed by atoms with Crippen LogP contribution in [0.3, 0.4) is 0 Å². The molecule has 1 saturated heterocycles. The van der Waals surface area contributed by atoms with Gasteiger partial charge < -0.3 is 21.5 Å². The Morgan fingerprint density at radius 2 is 0.980 bits per heavy atom. The first-order chi connectivity index (χ1) is 23.4. The molecule has 0 atom stereocenters. The van der Waals surface area contributed by atoms with Crippen LogP contribution in [-0.2, 0) is 4.74 Å². The van der Waals surface area contributed by atoms with E-state index in [-0.39, 0.29) is 18.9 Å². The monoisotopic (exact) mass is 861 g/mol. The SMILES string of the molecule is C#CCCCCCCCCCCCBr.C1CCOC1.CC#CCCCCCCCCCCCC.CI.CN(C)CCN(C)C.[CH2-]CCC.[Li+]. The number of halogens is 2. The molecule has 0 spiro atoms. The number of rotatable bonds is 24. The molecule has 0 radical (unpaired) electrons. The number of nitrogens with zero attached hydrogens (tertiary/aromatic N) is 2. The number of terminal acetylenes is 1. The van der Waals surface area contributed by atoms with Crippen LogP contribution in [0, 0.1) is 31.1 Å². The van der Waals surface area contributed by atoms with Crippen LogP contribution < -0.4 is 18.9 Å². The van der Waals surface area contributed by atoms with Gasteiger partial charge in [0, 0.05) is 44.5 Å². The van der Waals surface area contributed by atoms with E-state index in [0.717, 1.165) is 45.6 Å². The van der Waals surface area contributed by atoms with Gasteiger partial charge >= 0.3 is 18.9 Å². The van der Waals surface area contributed by atoms with E-state index in [2.05, 4.69) is 115 Å². The summed E-state index contributed by atoms with van der Waals surface area (Å²) < 4.78 is 4.94. The molecule has 0 aromatic heterocycles. The van der Waals surface area contributed by atoms with E-state index in [9.17, 15) is 0 Å². The zero-order valence-corrected chi connectivity index (χ0v) is 38.8. The average molecular weight is 862 g/mol. The van der Waals surface area contributed by atoms with Gasteiger partial charge in [0.05, 0.1) is 0 Å². The molecule has 1 aliphatic rings. The Hall–Kier alpha value is 0.807. The van der Waals surface area contributed by atoms with Crippen molar-refractivity contribution in [2.75, 3.05) is 64.8 Å². The molecule has 290 valence electrons. The van der Waals surface area contributed by atoms with Crippen molar-refractivity contribution in [3.8, 4) is 24.2 Å². The molecule has 49 heavy (non-hydrogen) atoms. The van der Waals surface area contributed by atoms with Crippen molar-refractivity contribution in [2.45, 2.75) is 181 Å². The molecular weight excluding hydrogens is 774 g/mol. The molecule has 1 fully saturated rings. The fourth-order valence-corrected chi connectivity index (χ4v) is 4.69. The van der Waals surface area contributed by atoms with Crippen molar-refractivity contribution in [3.05, 3.63) is 6.92 Å². The molecule has 0 aromatic carbocycles. The fourth-order valence-electron chi connectivity index (χ4n) is 4.30. The van der Waals surface area contributed by atoms with E-state index in [1.807, 2.05) is 11.9 Å². The second-order valence-corrected chi connectivity index (χ2v) is 13.8. The first-order valence-electron chi connectivity index (χ1n) is 19.8. The van der Waals surface area contributed by atoms with E-state index >= 15 is 0 Å². The van der Waals surface area contributed by atoms with Crippen LogP contribution in [-0.4, -0.2) is 74.6 Å². The molecule has 1 heterocycles. The largest absolute Gasteiger partial charge is 1.00 e. The van der Waals surface area contributed by atoms with E-state index in [0.29, 0.717) is 0 Å². The zero-order valence-electron chi connectivity index (χ0n) is 35.1. The number of hydrogen-bond acceptors (Lipinski definition) is 3. The molecule has 3 nitrogen and oxygen atoms in total. The van der Waals surface area contributed by atoms with Gasteiger partial charge in [0.15, 0.2) is 0 Å². The van der Waals surface area contributed by atoms with Crippen LogP contribution in [0.4, 0.5) is 0 Å². The Labute approximate surface area is 346 Å². The molecule has 0 aromatic rings. The normalized spacial score (nSPS) is 10.9. The minimum Gasteiger partial charge on any atom is -0.381 e. The van der Waals surface area contributed by atoms with Crippen molar-refractivity contribution in [3.63, 3.8) is 0 Å². The molecule has 0 aliphatic carbocycles. The molecule has 1 aliphatic heterocycles. The molecule has 0 saturated carbocycles. The number of unbranched alkanes of at least 4 members (excludes halogenated alkanes) is 20. The van der Waals surface area contributed by atoms with Gasteiger partial charge in [-0.15, -0.1) is 24.2 Å². The van der Waals surface area contributed by atoms with Crippen LogP contribution in [0.15, 0.2) is 0 Å². The van der Waals surface area contributed by atoms with E-state index in [4.69, 9.17) is 11.2 Å². The van der Waals surface area contributed by atoms with Gasteiger partial charge in [0.2, 0.25) is 0 Å². The maximum absolute atomic E-state index is 5.18. The van der Waals surface area contributed by atoms with Crippen LogP contribution in [0.25, 0.3) is 0 Å². The molecule has 0 bridgehead atoms. The standard InChI is InChI=1S/C15H28.C13H23Br.C6H16N2.C4H8O.C4H9.CH3I.Li/c1-3-5-7-9-11-13-15-14-12-10-8-6-4-2;1-2-3-4-5-6-7-8-9-10-11-12-13-14;1-7(2)5-6-8(3)4;1-2-4-5-3-1;1-3-4-2;1-2;/h3,5,7-15H2,1-2H3;1H,3-13H2;5-6H2,1-4H3;1-4H2;1,3-4H2,2H3;1H3;/q;;;;-1;;+1. The van der Waals surface area contributed by atoms with Gasteiger partial charge in [-0.2, -0.15) is 6.42 Å². The molecule has 0 N–H and O–H groups in total. The summed E-state index contributed by atoms with van der Waals surface area (Å²) in [6, 6.07) is 0. The molecule has 1 rings (SSSR count). The third-order valence-corrected chi connectivity index (χ3v) is 8.02. The predicted molar refractivity (Wildman–Crippen MR) is 236 cm³/mol. The summed E-state index contributed by atoms with van der Waals surface area (Å²) in [4.78, 5) is 6.33. The summed E-state index contributed by atoms with van der Waals surface area (Å²) in [7, 11) is 8.35. The number of alkyl halides is 2. The number of ether oxygens (including phenoxy) is 1. The van der Waals surface area contributed by atoms with Crippen molar-refractivity contribution in [2.24, 2.45) is 0 Å². The zero-order chi connectivity index (χ0) is 37.2. The third-order valence-electron chi connectivity index (χ3n) is 7.46. The van der Waals surface area contributed by atoms with Gasteiger partial charge in [-0.25, -0.2) is 0 Å². The molecular formula is C43H87BrILiN2O. The average Bonchev–Trinajstić information content (AvgIpc) is 3.70. The topological polar surface area (TPSA) is 15.7 Å². The van der Waals surface area contributed by atoms with Crippen molar-refractivity contribution >= 4 is 38.5 Å². The molecule has 0 amide bonds. The van der Waals surface area contributed by atoms with E-state index in [1.165, 1.54) is 147 Å². The molecule has 6 heteroatoms. The maximum Gasteiger partial charge on any atom is 1.00 e. The Bertz CT molecular complexity index is 583. The second-order valence-electron chi connectivity index (χ2n) is 13.0. The van der Waals surface area contributed by atoms with Gasteiger partial charge in [-0.05, 0) is 72.1 Å². The summed E-state index contributed by atoms with van der Waals surface area (Å²) in [6.07, 6.45) is 38.5. The Kier molecular flexibility index (Phi) is 84.5. The summed E-state index contributed by atoms with van der Waals surface area (Å²) in [5.41, 5.74) is 0. The number of likely N-dealkylation sites (N-methyl/N-ethyl adjacent to an activating group) is 2. The smallest absolute Gasteiger partial charge is 0.381 e. The van der Waals surface area contributed by atoms with Crippen molar-refractivity contribution in [1.29, 1.82) is 0 Å². The van der Waals surface area contributed by atoms with Gasteiger partial charge in [0.25, 0.3) is 0 Å². The van der Waals surface area contributed by atoms with Gasteiger partial charge in [0.1, 0.15) is 0 Å². The maximum atomic E-state index is 5.18. The first-order valence-corrected chi connectivity index (χ1v) is 23.1. The van der Waals surface area contributed by atoms with Crippen molar-refractivity contribution in [1.82, 2.24) is 9.80 Å². The summed E-state index contributed by atoms with van der Waals surface area (Å²) in [5, 5.41) is 1.17. The van der Waals surface area contributed by atoms with Crippen LogP contribution in [0.2, 0.25) is 0 Å². The second kappa shape index (κ2) is 67.0. The fraction of sp³-hybridized carbons (Fsp3) is 0.884. The van der Waals surface area contributed by atoms with Crippen LogP contribution >= 0.6 is 38.5 Å². The van der Waals surface area contributed by atoms with Gasteiger partial charge in [-0.1, -0.05) is 162 Å². The van der Waals surface area contributed by atoms with Gasteiger partial charge in [-0.3, -0.25) is 0 Å². The number of hydrogen-bond donors (Lipinski definition) is 0. The van der Waals surface area contributed by atoms with E-state index < -0.39 is 0 Å². The minimum absolute atomic E-state index is 0. The Morgan fingerprint density at radius 1 is 0.633 bits per heavy atom. The summed E-state index contributed by atoms with van der Waals surface area (Å²) >= 11 is 5.60. The Morgan fingerprint density at radius 3 is 1.24 bits per heavy atom. The van der Waals surface area contributed by atoms with Crippen LogP contribution in [0.1, 0.15) is 181 Å². The minimum atomic E-state index is 0.